The Morgan fingerprint density at radius 1 is 1.13 bits per heavy atom. The first kappa shape index (κ1) is 18.5. The topological polar surface area (TPSA) is 71.1 Å². The number of ether oxygens (including phenoxy) is 4. The minimum absolute atomic E-state index is 0.217. The highest BCUT2D eigenvalue weighted by Crippen LogP contribution is 2.28. The van der Waals surface area contributed by atoms with E-state index < -0.39 is 17.5 Å². The van der Waals surface area contributed by atoms with Crippen molar-refractivity contribution in [3.8, 4) is 11.5 Å². The summed E-state index contributed by atoms with van der Waals surface area (Å²) in [6.45, 7) is 5.14. The van der Waals surface area contributed by atoms with Crippen molar-refractivity contribution >= 4 is 18.0 Å². The summed E-state index contributed by atoms with van der Waals surface area (Å²) in [5.74, 6) is -0.0578. The number of esters is 2. The molecular formula is C17H22O6. The Kier molecular flexibility index (Phi) is 6.63. The second-order valence-electron chi connectivity index (χ2n) is 5.64. The lowest BCUT2D eigenvalue weighted by molar-refractivity contribution is -0.157. The number of benzene rings is 1. The van der Waals surface area contributed by atoms with Gasteiger partial charge >= 0.3 is 11.9 Å². The predicted octanol–water partition coefficient (Wildman–Crippen LogP) is 2.60. The van der Waals surface area contributed by atoms with Crippen molar-refractivity contribution in [2.45, 2.75) is 26.4 Å². The second kappa shape index (κ2) is 8.22. The van der Waals surface area contributed by atoms with E-state index in [1.54, 1.807) is 45.0 Å². The van der Waals surface area contributed by atoms with E-state index >= 15 is 0 Å². The zero-order valence-electron chi connectivity index (χ0n) is 14.0. The number of carbonyl (C=O) groups is 2. The molecular weight excluding hydrogens is 300 g/mol. The maximum absolute atomic E-state index is 11.7. The van der Waals surface area contributed by atoms with E-state index in [-0.39, 0.29) is 6.61 Å². The lowest BCUT2D eigenvalue weighted by Gasteiger charge is -2.19. The van der Waals surface area contributed by atoms with Crippen molar-refractivity contribution in [3.63, 3.8) is 0 Å². The molecule has 0 radical (unpaired) electrons. The fraction of sp³-hybridized carbons (Fsp3) is 0.412. The van der Waals surface area contributed by atoms with Crippen LogP contribution in [0.2, 0.25) is 0 Å². The van der Waals surface area contributed by atoms with E-state index in [0.717, 1.165) is 5.56 Å². The van der Waals surface area contributed by atoms with Gasteiger partial charge in [-0.15, -0.1) is 0 Å². The SMILES string of the molecule is COC(=O)/C=C/c1ccc(OCC(=O)OC(C)(C)C)c(OC)c1. The average Bonchev–Trinajstić information content (AvgIpc) is 2.49. The van der Waals surface area contributed by atoms with Crippen LogP contribution >= 0.6 is 0 Å². The van der Waals surface area contributed by atoms with Gasteiger partial charge in [0.25, 0.3) is 0 Å². The second-order valence-corrected chi connectivity index (χ2v) is 5.64. The molecule has 1 aromatic rings. The average molecular weight is 322 g/mol. The molecule has 1 rings (SSSR count). The maximum atomic E-state index is 11.7. The summed E-state index contributed by atoms with van der Waals surface area (Å²) in [5.41, 5.74) is 0.171. The first-order valence-corrected chi connectivity index (χ1v) is 7.04. The Labute approximate surface area is 136 Å². The minimum Gasteiger partial charge on any atom is -0.493 e. The van der Waals surface area contributed by atoms with Gasteiger partial charge in [0.2, 0.25) is 0 Å². The van der Waals surface area contributed by atoms with E-state index in [1.807, 2.05) is 0 Å². The summed E-state index contributed by atoms with van der Waals surface area (Å²) in [7, 11) is 2.80. The van der Waals surface area contributed by atoms with Crippen LogP contribution < -0.4 is 9.47 Å². The molecule has 0 bridgehead atoms. The molecule has 1 aromatic carbocycles. The molecule has 0 amide bonds. The third-order valence-electron chi connectivity index (χ3n) is 2.57. The van der Waals surface area contributed by atoms with Crippen LogP contribution in [-0.2, 0) is 19.1 Å². The van der Waals surface area contributed by atoms with Gasteiger partial charge in [0, 0.05) is 6.08 Å². The van der Waals surface area contributed by atoms with Crippen LogP contribution in [0.4, 0.5) is 0 Å². The Hall–Kier alpha value is -2.50. The van der Waals surface area contributed by atoms with Crippen molar-refractivity contribution in [3.05, 3.63) is 29.8 Å². The Morgan fingerprint density at radius 3 is 2.39 bits per heavy atom. The van der Waals surface area contributed by atoms with E-state index in [4.69, 9.17) is 14.2 Å². The fourth-order valence-electron chi connectivity index (χ4n) is 1.65. The highest BCUT2D eigenvalue weighted by Gasteiger charge is 2.17. The molecule has 0 atom stereocenters. The van der Waals surface area contributed by atoms with Gasteiger partial charge in [0.1, 0.15) is 5.60 Å². The fourth-order valence-corrected chi connectivity index (χ4v) is 1.65. The van der Waals surface area contributed by atoms with Crippen LogP contribution in [0.1, 0.15) is 26.3 Å². The van der Waals surface area contributed by atoms with E-state index in [0.29, 0.717) is 11.5 Å². The minimum atomic E-state index is -0.562. The first-order chi connectivity index (χ1) is 10.7. The summed E-state index contributed by atoms with van der Waals surface area (Å²) in [4.78, 5) is 22.7. The van der Waals surface area contributed by atoms with Crippen molar-refractivity contribution in [1.29, 1.82) is 0 Å². The van der Waals surface area contributed by atoms with Crippen LogP contribution in [0, 0.1) is 0 Å². The van der Waals surface area contributed by atoms with Gasteiger partial charge < -0.3 is 18.9 Å². The van der Waals surface area contributed by atoms with Crippen molar-refractivity contribution < 1.29 is 28.5 Å². The van der Waals surface area contributed by atoms with E-state index in [2.05, 4.69) is 4.74 Å². The number of methoxy groups -OCH3 is 2. The molecule has 6 nitrogen and oxygen atoms in total. The van der Waals surface area contributed by atoms with Crippen LogP contribution in [0.25, 0.3) is 6.08 Å². The highest BCUT2D eigenvalue weighted by molar-refractivity contribution is 5.87. The predicted molar refractivity (Wildman–Crippen MR) is 85.4 cm³/mol. The summed E-state index contributed by atoms with van der Waals surface area (Å²) in [6, 6.07) is 5.07. The van der Waals surface area contributed by atoms with Crippen LogP contribution in [-0.4, -0.2) is 38.4 Å². The van der Waals surface area contributed by atoms with E-state index in [9.17, 15) is 9.59 Å². The molecule has 0 spiro atoms. The molecule has 0 fully saturated rings. The molecule has 0 aromatic heterocycles. The van der Waals surface area contributed by atoms with Crippen LogP contribution in [0.5, 0.6) is 11.5 Å². The molecule has 126 valence electrons. The summed E-state index contributed by atoms with van der Waals surface area (Å²) in [5, 5.41) is 0. The number of hydrogen-bond acceptors (Lipinski definition) is 6. The zero-order chi connectivity index (χ0) is 17.5. The number of carbonyl (C=O) groups excluding carboxylic acids is 2. The molecule has 0 saturated carbocycles. The standard InChI is InChI=1S/C17H22O6/c1-17(2,3)23-16(19)11-22-13-8-6-12(10-14(13)20-4)7-9-15(18)21-5/h6-10H,11H2,1-5H3/b9-7+. The van der Waals surface area contributed by atoms with Crippen molar-refractivity contribution in [1.82, 2.24) is 0 Å². The van der Waals surface area contributed by atoms with Crippen LogP contribution in [0.3, 0.4) is 0 Å². The Morgan fingerprint density at radius 2 is 1.83 bits per heavy atom. The zero-order valence-corrected chi connectivity index (χ0v) is 14.0. The Balaban J connectivity index is 2.75. The molecule has 0 aliphatic heterocycles. The molecule has 0 saturated heterocycles. The molecule has 0 unspecified atom stereocenters. The van der Waals surface area contributed by atoms with Gasteiger partial charge in [0.15, 0.2) is 18.1 Å². The quantitative estimate of drug-likeness (QED) is 0.592. The van der Waals surface area contributed by atoms with Gasteiger partial charge in [-0.05, 0) is 44.5 Å². The van der Waals surface area contributed by atoms with E-state index in [1.165, 1.54) is 20.3 Å². The highest BCUT2D eigenvalue weighted by atomic mass is 16.6. The van der Waals surface area contributed by atoms with Gasteiger partial charge in [-0.3, -0.25) is 0 Å². The number of hydrogen-bond donors (Lipinski definition) is 0. The lowest BCUT2D eigenvalue weighted by Crippen LogP contribution is -2.27. The third kappa shape index (κ3) is 6.86. The normalized spacial score (nSPS) is 11.2. The lowest BCUT2D eigenvalue weighted by atomic mass is 10.2. The van der Waals surface area contributed by atoms with Gasteiger partial charge in [0.05, 0.1) is 14.2 Å². The van der Waals surface area contributed by atoms with Crippen LogP contribution in [0.15, 0.2) is 24.3 Å². The molecule has 0 N–H and O–H groups in total. The molecule has 23 heavy (non-hydrogen) atoms. The van der Waals surface area contributed by atoms with Gasteiger partial charge in [-0.2, -0.15) is 0 Å². The summed E-state index contributed by atoms with van der Waals surface area (Å²) in [6.07, 6.45) is 2.89. The smallest absolute Gasteiger partial charge is 0.344 e. The monoisotopic (exact) mass is 322 g/mol. The molecule has 0 aliphatic carbocycles. The first-order valence-electron chi connectivity index (χ1n) is 7.04. The third-order valence-corrected chi connectivity index (χ3v) is 2.57. The summed E-state index contributed by atoms with van der Waals surface area (Å²) >= 11 is 0. The largest absolute Gasteiger partial charge is 0.493 e. The summed E-state index contributed by atoms with van der Waals surface area (Å²) < 4.78 is 20.3. The van der Waals surface area contributed by atoms with Gasteiger partial charge in [-0.25, -0.2) is 9.59 Å². The molecule has 6 heteroatoms. The molecule has 0 heterocycles. The Bertz CT molecular complexity index is 583. The van der Waals surface area contributed by atoms with Crippen molar-refractivity contribution in [2.24, 2.45) is 0 Å². The van der Waals surface area contributed by atoms with Crippen molar-refractivity contribution in [2.75, 3.05) is 20.8 Å². The number of rotatable bonds is 6. The molecule has 0 aliphatic rings. The van der Waals surface area contributed by atoms with Gasteiger partial charge in [-0.1, -0.05) is 6.07 Å². The maximum Gasteiger partial charge on any atom is 0.344 e.